The Morgan fingerprint density at radius 1 is 1.25 bits per heavy atom. The Hall–Kier alpha value is -0.950. The van der Waals surface area contributed by atoms with Gasteiger partial charge < -0.3 is 0 Å². The molecule has 7 heteroatoms. The van der Waals surface area contributed by atoms with E-state index in [1.165, 1.54) is 0 Å². The van der Waals surface area contributed by atoms with Crippen molar-refractivity contribution in [2.45, 2.75) is 12.8 Å². The third-order valence-electron chi connectivity index (χ3n) is 1.31. The number of amides is 2. The Bertz CT molecular complexity index is 304. The minimum absolute atomic E-state index is 0.0708. The van der Waals surface area contributed by atoms with Gasteiger partial charge in [0.05, 0.1) is 6.26 Å². The van der Waals surface area contributed by atoms with Gasteiger partial charge in [0.2, 0.25) is 21.8 Å². The predicted molar refractivity (Wildman–Crippen MR) is 39.1 cm³/mol. The van der Waals surface area contributed by atoms with Gasteiger partial charge in [-0.3, -0.25) is 9.59 Å². The van der Waals surface area contributed by atoms with E-state index in [0.29, 0.717) is 5.01 Å². The first-order valence-electron chi connectivity index (χ1n) is 3.23. The molecule has 0 aromatic heterocycles. The highest BCUT2D eigenvalue weighted by Gasteiger charge is 2.30. The topological polar surface area (TPSA) is 83.6 Å². The minimum Gasteiger partial charge on any atom is -0.273 e. The maximum Gasteiger partial charge on any atom is 0.245 e. The fourth-order valence-electron chi connectivity index (χ4n) is 0.844. The average molecular weight is 192 g/mol. The molecule has 0 radical (unpaired) electrons. The Labute approximate surface area is 69.6 Å². The molecule has 0 atom stereocenters. The van der Waals surface area contributed by atoms with Crippen LogP contribution in [0.2, 0.25) is 0 Å². The van der Waals surface area contributed by atoms with Crippen LogP contribution in [0.3, 0.4) is 0 Å². The summed E-state index contributed by atoms with van der Waals surface area (Å²) < 4.78 is 21.2. The van der Waals surface area contributed by atoms with Crippen molar-refractivity contribution in [3.05, 3.63) is 0 Å². The average Bonchev–Trinajstić information content (AvgIpc) is 2.16. The lowest BCUT2D eigenvalue weighted by atomic mass is 10.4. The lowest BCUT2D eigenvalue weighted by Crippen LogP contribution is -2.44. The van der Waals surface area contributed by atoms with Crippen molar-refractivity contribution in [3.63, 3.8) is 0 Å². The molecule has 0 aliphatic carbocycles. The maximum absolute atomic E-state index is 10.8. The SMILES string of the molecule is CS(=O)(=O)NN1C(=O)CCC1=O. The van der Waals surface area contributed by atoms with E-state index in [0.717, 1.165) is 6.26 Å². The maximum atomic E-state index is 10.8. The van der Waals surface area contributed by atoms with Crippen LogP contribution < -0.4 is 4.83 Å². The molecule has 1 saturated heterocycles. The van der Waals surface area contributed by atoms with E-state index in [4.69, 9.17) is 0 Å². The number of carbonyl (C=O) groups is 2. The Morgan fingerprint density at radius 3 is 2.00 bits per heavy atom. The highest BCUT2D eigenvalue weighted by molar-refractivity contribution is 7.88. The monoisotopic (exact) mass is 192 g/mol. The van der Waals surface area contributed by atoms with Crippen molar-refractivity contribution in [2.75, 3.05) is 6.26 Å². The molecule has 1 N–H and O–H groups in total. The molecule has 0 bridgehead atoms. The third-order valence-corrected chi connectivity index (χ3v) is 1.82. The van der Waals surface area contributed by atoms with Crippen molar-refractivity contribution in [1.82, 2.24) is 9.84 Å². The van der Waals surface area contributed by atoms with Gasteiger partial charge in [0.25, 0.3) is 0 Å². The van der Waals surface area contributed by atoms with Gasteiger partial charge in [-0.05, 0) is 0 Å². The fraction of sp³-hybridized carbons (Fsp3) is 0.600. The molecule has 0 aromatic rings. The molecule has 1 heterocycles. The second-order valence-electron chi connectivity index (χ2n) is 2.49. The van der Waals surface area contributed by atoms with Crippen molar-refractivity contribution in [3.8, 4) is 0 Å². The molecule has 0 saturated carbocycles. The van der Waals surface area contributed by atoms with Crippen LogP contribution in [0.1, 0.15) is 12.8 Å². The zero-order valence-corrected chi connectivity index (χ0v) is 7.22. The van der Waals surface area contributed by atoms with Gasteiger partial charge in [-0.15, -0.1) is 4.83 Å². The number of rotatable bonds is 2. The van der Waals surface area contributed by atoms with Crippen LogP contribution in [-0.2, 0) is 19.6 Å². The van der Waals surface area contributed by atoms with Crippen LogP contribution in [0.4, 0.5) is 0 Å². The van der Waals surface area contributed by atoms with Crippen molar-refractivity contribution < 1.29 is 18.0 Å². The quantitative estimate of drug-likeness (QED) is 0.545. The number of hydrogen-bond acceptors (Lipinski definition) is 4. The second kappa shape index (κ2) is 2.83. The molecule has 1 aliphatic heterocycles. The normalized spacial score (nSPS) is 18.9. The van der Waals surface area contributed by atoms with Crippen LogP contribution in [0.25, 0.3) is 0 Å². The van der Waals surface area contributed by atoms with E-state index < -0.39 is 21.8 Å². The molecule has 1 aliphatic rings. The van der Waals surface area contributed by atoms with Crippen LogP contribution >= 0.6 is 0 Å². The Kier molecular flexibility index (Phi) is 2.16. The highest BCUT2D eigenvalue weighted by Crippen LogP contribution is 2.08. The van der Waals surface area contributed by atoms with Gasteiger partial charge in [-0.1, -0.05) is 0 Å². The summed E-state index contributed by atoms with van der Waals surface area (Å²) in [6.07, 6.45) is 1.02. The standard InChI is InChI=1S/C5H8N2O4S/c1-12(10,11)6-7-4(8)2-3-5(7)9/h6H,2-3H2,1H3. The molecule has 0 spiro atoms. The van der Waals surface area contributed by atoms with Gasteiger partial charge >= 0.3 is 0 Å². The van der Waals surface area contributed by atoms with E-state index in [1.807, 2.05) is 4.83 Å². The van der Waals surface area contributed by atoms with Gasteiger partial charge in [0.15, 0.2) is 0 Å². The molecular formula is C5H8N2O4S. The molecule has 1 rings (SSSR count). The summed E-state index contributed by atoms with van der Waals surface area (Å²) in [5, 5.41) is 0.537. The van der Waals surface area contributed by atoms with Crippen LogP contribution in [0.5, 0.6) is 0 Å². The third kappa shape index (κ3) is 2.02. The molecule has 1 fully saturated rings. The number of hydrogen-bond donors (Lipinski definition) is 1. The number of sulfonamides is 1. The summed E-state index contributed by atoms with van der Waals surface area (Å²) in [7, 11) is -3.54. The van der Waals surface area contributed by atoms with Gasteiger partial charge in [0.1, 0.15) is 0 Å². The summed E-state index contributed by atoms with van der Waals surface area (Å²) in [5.41, 5.74) is 0. The summed E-state index contributed by atoms with van der Waals surface area (Å²) in [6.45, 7) is 0. The number of nitrogens with one attached hydrogen (secondary N) is 1. The van der Waals surface area contributed by atoms with Crippen LogP contribution in [0.15, 0.2) is 0 Å². The van der Waals surface area contributed by atoms with Crippen LogP contribution in [0, 0.1) is 0 Å². The Balaban J connectivity index is 2.76. The summed E-state index contributed by atoms with van der Waals surface area (Å²) in [6, 6.07) is 0. The minimum atomic E-state index is -3.54. The zero-order valence-electron chi connectivity index (χ0n) is 6.40. The van der Waals surface area contributed by atoms with Crippen molar-refractivity contribution in [1.29, 1.82) is 0 Å². The lowest BCUT2D eigenvalue weighted by molar-refractivity contribution is -0.140. The number of imide groups is 1. The number of hydrazine groups is 1. The smallest absolute Gasteiger partial charge is 0.245 e. The van der Waals surface area contributed by atoms with E-state index in [2.05, 4.69) is 0 Å². The van der Waals surface area contributed by atoms with E-state index in [9.17, 15) is 18.0 Å². The van der Waals surface area contributed by atoms with Gasteiger partial charge in [-0.2, -0.15) is 5.01 Å². The summed E-state index contributed by atoms with van der Waals surface area (Å²) in [5.74, 6) is -1.02. The first kappa shape index (κ1) is 9.14. The summed E-state index contributed by atoms with van der Waals surface area (Å²) in [4.78, 5) is 23.5. The molecule has 2 amide bonds. The molecule has 0 unspecified atom stereocenters. The zero-order chi connectivity index (χ0) is 9.35. The second-order valence-corrected chi connectivity index (χ2v) is 4.21. The summed E-state index contributed by atoms with van der Waals surface area (Å²) >= 11 is 0. The largest absolute Gasteiger partial charge is 0.273 e. The Morgan fingerprint density at radius 2 is 1.67 bits per heavy atom. The van der Waals surface area contributed by atoms with Gasteiger partial charge in [-0.25, -0.2) is 8.42 Å². The number of carbonyl (C=O) groups excluding carboxylic acids is 2. The molecular weight excluding hydrogens is 184 g/mol. The van der Waals surface area contributed by atoms with E-state index >= 15 is 0 Å². The first-order valence-corrected chi connectivity index (χ1v) is 5.12. The molecule has 12 heavy (non-hydrogen) atoms. The van der Waals surface area contributed by atoms with Crippen LogP contribution in [-0.4, -0.2) is 31.5 Å². The van der Waals surface area contributed by atoms with E-state index in [1.54, 1.807) is 0 Å². The van der Waals surface area contributed by atoms with E-state index in [-0.39, 0.29) is 12.8 Å². The molecule has 0 aromatic carbocycles. The first-order chi connectivity index (χ1) is 5.40. The lowest BCUT2D eigenvalue weighted by Gasteiger charge is -2.12. The van der Waals surface area contributed by atoms with Gasteiger partial charge in [0, 0.05) is 12.8 Å². The van der Waals surface area contributed by atoms with Crippen molar-refractivity contribution in [2.24, 2.45) is 0 Å². The fourth-order valence-corrected chi connectivity index (χ4v) is 1.38. The predicted octanol–water partition coefficient (Wildman–Crippen LogP) is -1.40. The molecule has 68 valence electrons. The molecule has 6 nitrogen and oxygen atoms in total. The highest BCUT2D eigenvalue weighted by atomic mass is 32.2. The van der Waals surface area contributed by atoms with Crippen molar-refractivity contribution >= 4 is 21.8 Å². The number of nitrogens with zero attached hydrogens (tertiary/aromatic N) is 1.